The number of hydrogen-bond donors (Lipinski definition) is 3. The summed E-state index contributed by atoms with van der Waals surface area (Å²) in [7, 11) is 1.22. The number of nitrogens with one attached hydrogen (secondary N) is 2. The minimum Gasteiger partial charge on any atom is -0.465 e. The van der Waals surface area contributed by atoms with E-state index < -0.39 is 36.5 Å². The van der Waals surface area contributed by atoms with E-state index in [0.717, 1.165) is 5.56 Å². The number of ether oxygens (including phenoxy) is 2. The molecule has 0 aromatic heterocycles. The Morgan fingerprint density at radius 1 is 1.00 bits per heavy atom. The van der Waals surface area contributed by atoms with E-state index in [4.69, 9.17) is 10.5 Å². The second-order valence-corrected chi connectivity index (χ2v) is 5.94. The topological polar surface area (TPSA) is 137 Å². The average molecular weight is 399 g/mol. The highest BCUT2D eigenvalue weighted by molar-refractivity contribution is 6.02. The van der Waals surface area contributed by atoms with Crippen molar-refractivity contribution in [3.8, 4) is 0 Å². The van der Waals surface area contributed by atoms with Crippen LogP contribution in [0.2, 0.25) is 0 Å². The molecule has 152 valence electrons. The van der Waals surface area contributed by atoms with Gasteiger partial charge in [-0.2, -0.15) is 0 Å². The lowest BCUT2D eigenvalue weighted by Gasteiger charge is -2.16. The Morgan fingerprint density at radius 2 is 1.66 bits per heavy atom. The van der Waals surface area contributed by atoms with E-state index >= 15 is 0 Å². The zero-order valence-corrected chi connectivity index (χ0v) is 15.7. The average Bonchev–Trinajstić information content (AvgIpc) is 2.71. The Morgan fingerprint density at radius 3 is 2.31 bits per heavy atom. The Labute approximate surface area is 167 Å². The first-order chi connectivity index (χ1) is 13.9. The van der Waals surface area contributed by atoms with Crippen LogP contribution in [0.5, 0.6) is 0 Å². The molecule has 0 spiro atoms. The minimum atomic E-state index is -1.05. The number of esters is 2. The SMILES string of the molecule is COC(=O)c1ccccc1NC(=O)COC(=O)[C@H](Cc1ccccc1)NC(N)=O. The number of methoxy groups -OCH3 is 1. The second kappa shape index (κ2) is 10.5. The van der Waals surface area contributed by atoms with Crippen LogP contribution in [-0.2, 0) is 25.5 Å². The van der Waals surface area contributed by atoms with Crippen molar-refractivity contribution in [2.45, 2.75) is 12.5 Å². The van der Waals surface area contributed by atoms with Gasteiger partial charge in [0.05, 0.1) is 18.4 Å². The van der Waals surface area contributed by atoms with Gasteiger partial charge in [0.25, 0.3) is 5.91 Å². The summed E-state index contributed by atoms with van der Waals surface area (Å²) in [5, 5.41) is 4.79. The van der Waals surface area contributed by atoms with E-state index in [2.05, 4.69) is 15.4 Å². The van der Waals surface area contributed by atoms with Crippen molar-refractivity contribution in [2.75, 3.05) is 19.0 Å². The number of benzene rings is 2. The van der Waals surface area contributed by atoms with Gasteiger partial charge in [0, 0.05) is 6.42 Å². The van der Waals surface area contributed by atoms with Gasteiger partial charge in [-0.15, -0.1) is 0 Å². The summed E-state index contributed by atoms with van der Waals surface area (Å²) >= 11 is 0. The summed E-state index contributed by atoms with van der Waals surface area (Å²) in [6, 6.07) is 13.2. The molecule has 9 nitrogen and oxygen atoms in total. The number of urea groups is 1. The van der Waals surface area contributed by atoms with Crippen molar-refractivity contribution in [1.29, 1.82) is 0 Å². The highest BCUT2D eigenvalue weighted by Crippen LogP contribution is 2.16. The number of primary amides is 1. The first kappa shape index (κ1) is 21.4. The smallest absolute Gasteiger partial charge is 0.339 e. The molecule has 9 heteroatoms. The molecule has 4 N–H and O–H groups in total. The monoisotopic (exact) mass is 399 g/mol. The highest BCUT2D eigenvalue weighted by Gasteiger charge is 2.23. The van der Waals surface area contributed by atoms with Crippen LogP contribution in [0.25, 0.3) is 0 Å². The number of nitrogens with two attached hydrogens (primary N) is 1. The molecular weight excluding hydrogens is 378 g/mol. The van der Waals surface area contributed by atoms with Gasteiger partial charge >= 0.3 is 18.0 Å². The van der Waals surface area contributed by atoms with Crippen LogP contribution in [0, 0.1) is 0 Å². The van der Waals surface area contributed by atoms with E-state index in [1.807, 2.05) is 6.07 Å². The van der Waals surface area contributed by atoms with Crippen LogP contribution >= 0.6 is 0 Å². The summed E-state index contributed by atoms with van der Waals surface area (Å²) in [4.78, 5) is 47.4. The first-order valence-corrected chi connectivity index (χ1v) is 8.64. The lowest BCUT2D eigenvalue weighted by molar-refractivity contribution is -0.149. The van der Waals surface area contributed by atoms with Crippen molar-refractivity contribution in [1.82, 2.24) is 5.32 Å². The highest BCUT2D eigenvalue weighted by atomic mass is 16.5. The number of rotatable bonds is 8. The van der Waals surface area contributed by atoms with Crippen LogP contribution in [0.3, 0.4) is 0 Å². The van der Waals surface area contributed by atoms with Gasteiger partial charge in [-0.05, 0) is 17.7 Å². The summed E-state index contributed by atoms with van der Waals surface area (Å²) in [5.74, 6) is -2.09. The normalized spacial score (nSPS) is 11.1. The summed E-state index contributed by atoms with van der Waals surface area (Å²) in [5.41, 5.74) is 6.28. The molecule has 0 saturated heterocycles. The maximum atomic E-state index is 12.3. The molecule has 1 atom stereocenters. The van der Waals surface area contributed by atoms with Crippen molar-refractivity contribution in [3.05, 3.63) is 65.7 Å². The molecule has 0 aliphatic heterocycles. The predicted octanol–water partition coefficient (Wildman–Crippen LogP) is 1.23. The number of hydrogen-bond acceptors (Lipinski definition) is 6. The zero-order chi connectivity index (χ0) is 21.2. The molecule has 0 saturated carbocycles. The Kier molecular flexibility index (Phi) is 7.72. The molecule has 0 unspecified atom stereocenters. The van der Waals surface area contributed by atoms with Crippen LogP contribution in [0.4, 0.5) is 10.5 Å². The lowest BCUT2D eigenvalue weighted by Crippen LogP contribution is -2.46. The molecule has 0 aliphatic carbocycles. The van der Waals surface area contributed by atoms with Crippen molar-refractivity contribution in [2.24, 2.45) is 5.73 Å². The van der Waals surface area contributed by atoms with Crippen molar-refractivity contribution < 1.29 is 28.7 Å². The number of carbonyl (C=O) groups excluding carboxylic acids is 4. The standard InChI is InChI=1S/C20H21N3O6/c1-28-18(25)14-9-5-6-10-15(14)22-17(24)12-29-19(26)16(23-20(21)27)11-13-7-3-2-4-8-13/h2-10,16H,11-12H2,1H3,(H,22,24)(H3,21,23,27)/t16-/m0/s1. The molecule has 2 aromatic carbocycles. The molecule has 0 aliphatic rings. The molecule has 0 heterocycles. The lowest BCUT2D eigenvalue weighted by atomic mass is 10.1. The largest absolute Gasteiger partial charge is 0.465 e. The Balaban J connectivity index is 1.97. The molecule has 0 fully saturated rings. The van der Waals surface area contributed by atoms with Gasteiger partial charge in [-0.3, -0.25) is 4.79 Å². The molecule has 2 rings (SSSR count). The molecular formula is C20H21N3O6. The first-order valence-electron chi connectivity index (χ1n) is 8.64. The van der Waals surface area contributed by atoms with Gasteiger partial charge in [0.15, 0.2) is 6.61 Å². The van der Waals surface area contributed by atoms with Gasteiger partial charge in [-0.1, -0.05) is 42.5 Å². The van der Waals surface area contributed by atoms with Gasteiger partial charge < -0.3 is 25.8 Å². The second-order valence-electron chi connectivity index (χ2n) is 5.94. The van der Waals surface area contributed by atoms with Crippen molar-refractivity contribution >= 4 is 29.6 Å². The third kappa shape index (κ3) is 6.65. The number of carbonyl (C=O) groups is 4. The van der Waals surface area contributed by atoms with E-state index in [0.29, 0.717) is 0 Å². The van der Waals surface area contributed by atoms with Gasteiger partial charge in [0.2, 0.25) is 0 Å². The van der Waals surface area contributed by atoms with E-state index in [1.54, 1.807) is 36.4 Å². The summed E-state index contributed by atoms with van der Waals surface area (Å²) < 4.78 is 9.65. The van der Waals surface area contributed by atoms with E-state index in [9.17, 15) is 19.2 Å². The van der Waals surface area contributed by atoms with E-state index in [1.165, 1.54) is 19.2 Å². The third-order valence-corrected chi connectivity index (χ3v) is 3.84. The van der Waals surface area contributed by atoms with E-state index in [-0.39, 0.29) is 17.7 Å². The van der Waals surface area contributed by atoms with Crippen LogP contribution < -0.4 is 16.4 Å². The number of para-hydroxylation sites is 1. The van der Waals surface area contributed by atoms with Gasteiger partial charge in [0.1, 0.15) is 6.04 Å². The number of amides is 3. The fraction of sp³-hybridized carbons (Fsp3) is 0.200. The number of anilines is 1. The van der Waals surface area contributed by atoms with Crippen LogP contribution in [0.15, 0.2) is 54.6 Å². The molecule has 29 heavy (non-hydrogen) atoms. The van der Waals surface area contributed by atoms with Gasteiger partial charge in [-0.25, -0.2) is 14.4 Å². The summed E-state index contributed by atoms with van der Waals surface area (Å²) in [6.45, 7) is -0.611. The zero-order valence-electron chi connectivity index (χ0n) is 15.7. The summed E-state index contributed by atoms with van der Waals surface area (Å²) in [6.07, 6.45) is 0.148. The maximum absolute atomic E-state index is 12.3. The van der Waals surface area contributed by atoms with Crippen LogP contribution in [-0.4, -0.2) is 43.6 Å². The van der Waals surface area contributed by atoms with Crippen molar-refractivity contribution in [3.63, 3.8) is 0 Å². The van der Waals surface area contributed by atoms with Crippen LogP contribution in [0.1, 0.15) is 15.9 Å². The predicted molar refractivity (Wildman–Crippen MR) is 104 cm³/mol. The fourth-order valence-electron chi connectivity index (χ4n) is 2.52. The molecule has 2 aromatic rings. The Hall–Kier alpha value is -3.88. The minimum absolute atomic E-state index is 0.148. The Bertz CT molecular complexity index is 885. The molecule has 3 amide bonds. The third-order valence-electron chi connectivity index (χ3n) is 3.84. The quantitative estimate of drug-likeness (QED) is 0.571. The molecule has 0 radical (unpaired) electrons. The fourth-order valence-corrected chi connectivity index (χ4v) is 2.52. The molecule has 0 bridgehead atoms. The maximum Gasteiger partial charge on any atom is 0.339 e.